The summed E-state index contributed by atoms with van der Waals surface area (Å²) in [6, 6.07) is 15.1. The predicted molar refractivity (Wildman–Crippen MR) is 112 cm³/mol. The molecule has 0 aliphatic carbocycles. The fourth-order valence-electron chi connectivity index (χ4n) is 3.71. The summed E-state index contributed by atoms with van der Waals surface area (Å²) in [6.07, 6.45) is -0.834. The predicted octanol–water partition coefficient (Wildman–Crippen LogP) is 5.04. The van der Waals surface area contributed by atoms with Crippen molar-refractivity contribution in [2.45, 2.75) is 23.9 Å². The van der Waals surface area contributed by atoms with Crippen molar-refractivity contribution in [1.29, 1.82) is 0 Å². The van der Waals surface area contributed by atoms with Gasteiger partial charge in [0.15, 0.2) is 11.0 Å². The number of nitrogens with zero attached hydrogens (tertiary/aromatic N) is 5. The minimum atomic E-state index is -4.39. The van der Waals surface area contributed by atoms with E-state index in [-0.39, 0.29) is 6.04 Å². The van der Waals surface area contributed by atoms with E-state index in [4.69, 9.17) is 0 Å². The average molecular weight is 442 g/mol. The molecule has 2 aromatic carbocycles. The molecule has 5 rings (SSSR count). The van der Waals surface area contributed by atoms with Gasteiger partial charge in [-0.2, -0.15) is 18.3 Å². The number of hydrogen-bond acceptors (Lipinski definition) is 5. The second-order valence-corrected chi connectivity index (χ2v) is 7.86. The van der Waals surface area contributed by atoms with Gasteiger partial charge in [-0.05, 0) is 36.1 Å². The summed E-state index contributed by atoms with van der Waals surface area (Å²) in [5.41, 5.74) is 1.74. The smallest absolute Gasteiger partial charge is 0.361 e. The maximum Gasteiger partial charge on any atom is 0.416 e. The molecule has 1 aliphatic rings. The minimum absolute atomic E-state index is 0.0751. The Kier molecular flexibility index (Phi) is 4.73. The summed E-state index contributed by atoms with van der Waals surface area (Å²) in [5, 5.41) is 17.1. The minimum Gasteiger partial charge on any atom is -0.361 e. The summed E-state index contributed by atoms with van der Waals surface area (Å²) in [5.74, 6) is 1.33. The second-order valence-electron chi connectivity index (χ2n) is 7.09. The zero-order valence-electron chi connectivity index (χ0n) is 16.3. The second kappa shape index (κ2) is 7.45. The molecular weight excluding hydrogens is 425 g/mol. The number of fused-ring (bicyclic) bond motifs is 1. The highest BCUT2D eigenvalue weighted by molar-refractivity contribution is 7.98. The van der Waals surface area contributed by atoms with Crippen LogP contribution in [0.2, 0.25) is 0 Å². The lowest BCUT2D eigenvalue weighted by molar-refractivity contribution is -0.137. The van der Waals surface area contributed by atoms with E-state index in [0.29, 0.717) is 23.2 Å². The number of hydrogen-bond donors (Lipinski definition) is 1. The Labute approximate surface area is 180 Å². The van der Waals surface area contributed by atoms with Crippen LogP contribution in [0, 0.1) is 0 Å². The highest BCUT2D eigenvalue weighted by Gasteiger charge is 2.31. The lowest BCUT2D eigenvalue weighted by Crippen LogP contribution is -2.08. The maximum absolute atomic E-state index is 13.0. The van der Waals surface area contributed by atoms with Gasteiger partial charge in [-0.15, -0.1) is 10.2 Å². The van der Waals surface area contributed by atoms with Gasteiger partial charge in [-0.25, -0.2) is 4.68 Å². The van der Waals surface area contributed by atoms with Gasteiger partial charge in [0.25, 0.3) is 0 Å². The molecule has 1 atom stereocenters. The van der Waals surface area contributed by atoms with E-state index in [0.717, 1.165) is 29.1 Å². The first kappa shape index (κ1) is 19.7. The summed E-state index contributed by atoms with van der Waals surface area (Å²) in [7, 11) is 0. The number of thioether (sulfide) groups is 1. The number of benzene rings is 2. The fraction of sp³-hybridized carbons (Fsp3) is 0.190. The van der Waals surface area contributed by atoms with Crippen molar-refractivity contribution < 1.29 is 13.2 Å². The van der Waals surface area contributed by atoms with Crippen LogP contribution in [0.1, 0.15) is 17.2 Å². The lowest BCUT2D eigenvalue weighted by atomic mass is 10.1. The Morgan fingerprint density at radius 2 is 1.77 bits per heavy atom. The molecule has 3 heterocycles. The average Bonchev–Trinajstić information content (AvgIpc) is 3.47. The van der Waals surface area contributed by atoms with Crippen molar-refractivity contribution >= 4 is 17.6 Å². The number of anilines is 1. The van der Waals surface area contributed by atoms with Crippen LogP contribution in [0.4, 0.5) is 19.0 Å². The molecule has 0 spiro atoms. The van der Waals surface area contributed by atoms with E-state index in [2.05, 4.69) is 32.7 Å². The Morgan fingerprint density at radius 1 is 1.03 bits per heavy atom. The number of halogens is 3. The molecule has 0 radical (unpaired) electrons. The molecule has 0 bridgehead atoms. The van der Waals surface area contributed by atoms with Gasteiger partial charge < -0.3 is 5.32 Å². The molecule has 0 saturated carbocycles. The third-order valence-corrected chi connectivity index (χ3v) is 5.85. The first-order valence-electron chi connectivity index (χ1n) is 9.50. The van der Waals surface area contributed by atoms with Crippen LogP contribution in [0.25, 0.3) is 17.1 Å². The van der Waals surface area contributed by atoms with Crippen LogP contribution in [0.15, 0.2) is 66.0 Å². The van der Waals surface area contributed by atoms with Crippen molar-refractivity contribution in [1.82, 2.24) is 24.5 Å². The monoisotopic (exact) mass is 442 g/mol. The molecule has 2 aromatic heterocycles. The highest BCUT2D eigenvalue weighted by Crippen LogP contribution is 2.38. The van der Waals surface area contributed by atoms with Crippen LogP contribution in [-0.2, 0) is 12.7 Å². The first-order valence-corrected chi connectivity index (χ1v) is 10.7. The molecule has 0 amide bonds. The number of alkyl halides is 3. The van der Waals surface area contributed by atoms with Crippen molar-refractivity contribution in [3.63, 3.8) is 0 Å². The molecule has 6 nitrogen and oxygen atoms in total. The molecular formula is C21H17F3N6S. The molecule has 1 unspecified atom stereocenters. The maximum atomic E-state index is 13.0. The Morgan fingerprint density at radius 3 is 2.45 bits per heavy atom. The van der Waals surface area contributed by atoms with Crippen LogP contribution in [0.3, 0.4) is 0 Å². The summed E-state index contributed by atoms with van der Waals surface area (Å²) >= 11 is 1.37. The number of aromatic nitrogens is 5. The van der Waals surface area contributed by atoms with E-state index < -0.39 is 11.7 Å². The van der Waals surface area contributed by atoms with Gasteiger partial charge in [0.05, 0.1) is 29.9 Å². The summed E-state index contributed by atoms with van der Waals surface area (Å²) in [4.78, 5) is 0. The van der Waals surface area contributed by atoms with Gasteiger partial charge in [0.1, 0.15) is 5.82 Å². The third kappa shape index (κ3) is 3.46. The van der Waals surface area contributed by atoms with Gasteiger partial charge >= 0.3 is 6.18 Å². The van der Waals surface area contributed by atoms with Crippen LogP contribution in [-0.4, -0.2) is 30.8 Å². The van der Waals surface area contributed by atoms with Crippen LogP contribution >= 0.6 is 11.8 Å². The standard InChI is InChI=1S/C21H17F3N6S/c1-31-20-28-27-19(30(20)15-9-7-14(8-10-15)21(22,23)24)16-11-25-29-12-17(26-18(16)29)13-5-3-2-4-6-13/h2-11,17,26H,12H2,1H3. The molecule has 4 aromatic rings. The van der Waals surface area contributed by atoms with E-state index in [1.165, 1.54) is 23.9 Å². The largest absolute Gasteiger partial charge is 0.416 e. The summed E-state index contributed by atoms with van der Waals surface area (Å²) < 4.78 is 42.6. The highest BCUT2D eigenvalue weighted by atomic mass is 32.2. The normalized spacial score (nSPS) is 15.7. The van der Waals surface area contributed by atoms with Gasteiger partial charge in [-0.3, -0.25) is 4.57 Å². The zero-order valence-corrected chi connectivity index (χ0v) is 17.2. The van der Waals surface area contributed by atoms with Crippen LogP contribution < -0.4 is 5.32 Å². The van der Waals surface area contributed by atoms with Gasteiger partial charge in [0.2, 0.25) is 0 Å². The van der Waals surface area contributed by atoms with Gasteiger partial charge in [0, 0.05) is 5.69 Å². The summed E-state index contributed by atoms with van der Waals surface area (Å²) in [6.45, 7) is 0.670. The van der Waals surface area contributed by atoms with E-state index in [1.807, 2.05) is 29.1 Å². The van der Waals surface area contributed by atoms with Crippen molar-refractivity contribution in [2.24, 2.45) is 0 Å². The third-order valence-electron chi connectivity index (χ3n) is 5.22. The molecule has 31 heavy (non-hydrogen) atoms. The molecule has 158 valence electrons. The fourth-order valence-corrected chi connectivity index (χ4v) is 4.20. The molecule has 10 heteroatoms. The Bertz CT molecular complexity index is 1210. The molecule has 1 aliphatic heterocycles. The lowest BCUT2D eigenvalue weighted by Gasteiger charge is -2.13. The van der Waals surface area contributed by atoms with Gasteiger partial charge in [-0.1, -0.05) is 42.1 Å². The number of rotatable bonds is 4. The Balaban J connectivity index is 1.54. The van der Waals surface area contributed by atoms with Crippen molar-refractivity contribution in [3.8, 4) is 17.1 Å². The van der Waals surface area contributed by atoms with E-state index in [1.54, 1.807) is 10.8 Å². The Hall–Kier alpha value is -3.27. The molecule has 1 N–H and O–H groups in total. The quantitative estimate of drug-likeness (QED) is 0.449. The van der Waals surface area contributed by atoms with Crippen LogP contribution in [0.5, 0.6) is 0 Å². The first-order chi connectivity index (χ1) is 15.0. The number of nitrogens with one attached hydrogen (secondary N) is 1. The topological polar surface area (TPSA) is 60.6 Å². The van der Waals surface area contributed by atoms with E-state index in [9.17, 15) is 13.2 Å². The van der Waals surface area contributed by atoms with Crippen molar-refractivity contribution in [3.05, 3.63) is 71.9 Å². The SMILES string of the molecule is CSc1nnc(-c2cnn3c2NC(c2ccccc2)C3)n1-c1ccc(C(F)(F)F)cc1. The van der Waals surface area contributed by atoms with E-state index >= 15 is 0 Å². The van der Waals surface area contributed by atoms with Crippen molar-refractivity contribution in [2.75, 3.05) is 11.6 Å². The molecule has 0 saturated heterocycles. The zero-order chi connectivity index (χ0) is 21.6. The molecule has 0 fully saturated rings.